The summed E-state index contributed by atoms with van der Waals surface area (Å²) in [7, 11) is 0. The highest BCUT2D eigenvalue weighted by Crippen LogP contribution is 2.21. The molecule has 0 atom stereocenters. The van der Waals surface area contributed by atoms with Gasteiger partial charge in [-0.15, -0.1) is 11.3 Å². The molecule has 0 aromatic carbocycles. The summed E-state index contributed by atoms with van der Waals surface area (Å²) >= 11 is 2.08. The molecule has 0 N–H and O–H groups in total. The van der Waals surface area contributed by atoms with E-state index in [0.717, 1.165) is 0 Å². The van der Waals surface area contributed by atoms with Gasteiger partial charge in [0, 0.05) is 9.75 Å². The summed E-state index contributed by atoms with van der Waals surface area (Å²) < 4.78 is 0. The zero-order valence-electron chi connectivity index (χ0n) is 23.7. The Balaban J connectivity index is 1.71. The Morgan fingerprint density at radius 3 is 0.912 bits per heavy atom. The van der Waals surface area contributed by atoms with E-state index in [2.05, 4.69) is 37.3 Å². The third kappa shape index (κ3) is 21.0. The maximum Gasteiger partial charge on any atom is 0.00481 e. The molecule has 1 heterocycles. The zero-order chi connectivity index (χ0) is 24.4. The fraction of sp³-hybridized carbons (Fsp3) is 0.879. The van der Waals surface area contributed by atoms with E-state index in [1.807, 2.05) is 0 Å². The van der Waals surface area contributed by atoms with Crippen molar-refractivity contribution in [2.24, 2.45) is 0 Å². The SMILES string of the molecule is CCCCCCCCCCCCCCCCCCCCCCCCc1ccc(CCCCC)s1. The Hall–Kier alpha value is -0.300. The second-order valence-corrected chi connectivity index (χ2v) is 12.3. The van der Waals surface area contributed by atoms with Crippen molar-refractivity contribution < 1.29 is 0 Å². The molecule has 0 amide bonds. The molecule has 0 saturated carbocycles. The molecule has 1 heteroatoms. The summed E-state index contributed by atoms with van der Waals surface area (Å²) in [5.74, 6) is 0. The van der Waals surface area contributed by atoms with Crippen LogP contribution in [-0.2, 0) is 12.8 Å². The first-order valence-electron chi connectivity index (χ1n) is 15.9. The van der Waals surface area contributed by atoms with Gasteiger partial charge in [0.15, 0.2) is 0 Å². The number of rotatable bonds is 27. The van der Waals surface area contributed by atoms with Crippen LogP contribution in [-0.4, -0.2) is 0 Å². The van der Waals surface area contributed by atoms with Crippen LogP contribution in [0.5, 0.6) is 0 Å². The van der Waals surface area contributed by atoms with Gasteiger partial charge >= 0.3 is 0 Å². The van der Waals surface area contributed by atoms with Gasteiger partial charge in [-0.3, -0.25) is 0 Å². The monoisotopic (exact) mass is 490 g/mol. The number of hydrogen-bond donors (Lipinski definition) is 0. The summed E-state index contributed by atoms with van der Waals surface area (Å²) in [6.45, 7) is 4.60. The maximum atomic E-state index is 2.39. The molecule has 1 aromatic rings. The second kappa shape index (κ2) is 25.8. The van der Waals surface area contributed by atoms with Crippen LogP contribution in [0, 0.1) is 0 Å². The molecule has 0 aliphatic rings. The topological polar surface area (TPSA) is 0 Å². The molecule has 1 aromatic heterocycles. The number of thiophene rings is 1. The van der Waals surface area contributed by atoms with Crippen LogP contribution in [0.15, 0.2) is 12.1 Å². The average Bonchev–Trinajstić information content (AvgIpc) is 3.30. The van der Waals surface area contributed by atoms with Gasteiger partial charge in [-0.2, -0.15) is 0 Å². The Bertz CT molecular complexity index is 502. The summed E-state index contributed by atoms with van der Waals surface area (Å²) in [6, 6.07) is 4.77. The van der Waals surface area contributed by atoms with Crippen LogP contribution < -0.4 is 0 Å². The van der Waals surface area contributed by atoms with Gasteiger partial charge in [-0.1, -0.05) is 162 Å². The van der Waals surface area contributed by atoms with Crippen molar-refractivity contribution in [1.29, 1.82) is 0 Å². The molecule has 0 unspecified atom stereocenters. The maximum absolute atomic E-state index is 2.39. The van der Waals surface area contributed by atoms with E-state index in [4.69, 9.17) is 0 Å². The van der Waals surface area contributed by atoms with Crippen molar-refractivity contribution in [3.8, 4) is 0 Å². The van der Waals surface area contributed by atoms with Gasteiger partial charge in [0.1, 0.15) is 0 Å². The Kier molecular flexibility index (Phi) is 24.1. The van der Waals surface area contributed by atoms with Crippen LogP contribution >= 0.6 is 11.3 Å². The van der Waals surface area contributed by atoms with Crippen molar-refractivity contribution >= 4 is 11.3 Å². The normalized spacial score (nSPS) is 11.5. The smallest absolute Gasteiger partial charge is 0.00481 e. The Labute approximate surface area is 220 Å². The van der Waals surface area contributed by atoms with Gasteiger partial charge < -0.3 is 0 Å². The number of unbranched alkanes of at least 4 members (excludes halogenated alkanes) is 23. The van der Waals surface area contributed by atoms with E-state index in [9.17, 15) is 0 Å². The third-order valence-electron chi connectivity index (χ3n) is 7.52. The lowest BCUT2D eigenvalue weighted by Crippen LogP contribution is -1.85. The van der Waals surface area contributed by atoms with E-state index in [1.54, 1.807) is 9.75 Å². The molecular formula is C33H62S. The quantitative estimate of drug-likeness (QED) is 0.108. The van der Waals surface area contributed by atoms with Crippen molar-refractivity contribution in [2.75, 3.05) is 0 Å². The van der Waals surface area contributed by atoms with Gasteiger partial charge in [0.2, 0.25) is 0 Å². The molecule has 0 aliphatic heterocycles. The highest BCUT2D eigenvalue weighted by Gasteiger charge is 2.01. The largest absolute Gasteiger partial charge is 0.145 e. The second-order valence-electron chi connectivity index (χ2n) is 11.0. The first-order chi connectivity index (χ1) is 16.9. The number of aryl methyl sites for hydroxylation is 2. The molecule has 0 saturated heterocycles. The van der Waals surface area contributed by atoms with Gasteiger partial charge in [0.25, 0.3) is 0 Å². The zero-order valence-corrected chi connectivity index (χ0v) is 24.5. The van der Waals surface area contributed by atoms with Crippen LogP contribution in [0.1, 0.15) is 184 Å². The fourth-order valence-corrected chi connectivity index (χ4v) is 6.25. The lowest BCUT2D eigenvalue weighted by Gasteiger charge is -2.04. The van der Waals surface area contributed by atoms with E-state index >= 15 is 0 Å². The molecule has 0 nitrogen and oxygen atoms in total. The average molecular weight is 491 g/mol. The molecular weight excluding hydrogens is 428 g/mol. The molecule has 1 rings (SSSR count). The predicted octanol–water partition coefficient (Wildman–Crippen LogP) is 12.6. The minimum absolute atomic E-state index is 1.30. The third-order valence-corrected chi connectivity index (χ3v) is 8.73. The van der Waals surface area contributed by atoms with E-state index < -0.39 is 0 Å². The van der Waals surface area contributed by atoms with Crippen LogP contribution in [0.2, 0.25) is 0 Å². The highest BCUT2D eigenvalue weighted by atomic mass is 32.1. The summed E-state index contributed by atoms with van der Waals surface area (Å²) in [5.41, 5.74) is 0. The summed E-state index contributed by atoms with van der Waals surface area (Å²) in [5, 5.41) is 0. The first-order valence-corrected chi connectivity index (χ1v) is 16.8. The molecule has 200 valence electrons. The Morgan fingerprint density at radius 1 is 0.353 bits per heavy atom. The summed E-state index contributed by atoms with van der Waals surface area (Å²) in [4.78, 5) is 3.24. The fourth-order valence-electron chi connectivity index (χ4n) is 5.15. The molecule has 0 bridgehead atoms. The molecule has 0 spiro atoms. The van der Waals surface area contributed by atoms with Crippen molar-refractivity contribution in [3.63, 3.8) is 0 Å². The minimum atomic E-state index is 1.30. The first kappa shape index (κ1) is 31.7. The molecule has 34 heavy (non-hydrogen) atoms. The van der Waals surface area contributed by atoms with E-state index in [0.29, 0.717) is 0 Å². The lowest BCUT2D eigenvalue weighted by molar-refractivity contribution is 0.519. The number of hydrogen-bond acceptors (Lipinski definition) is 1. The van der Waals surface area contributed by atoms with Crippen molar-refractivity contribution in [2.45, 2.75) is 187 Å². The standard InChI is InChI=1S/C33H62S/c1-3-5-7-8-9-10-11-12-13-14-15-16-17-18-19-20-21-22-23-24-25-27-29-33-31-30-32(34-33)28-26-6-4-2/h30-31H,3-29H2,1-2H3. The summed E-state index contributed by atoms with van der Waals surface area (Å²) in [6.07, 6.45) is 39.0. The van der Waals surface area contributed by atoms with Crippen molar-refractivity contribution in [1.82, 2.24) is 0 Å². The minimum Gasteiger partial charge on any atom is -0.145 e. The molecule has 0 radical (unpaired) electrons. The van der Waals surface area contributed by atoms with Gasteiger partial charge in [-0.05, 0) is 37.8 Å². The van der Waals surface area contributed by atoms with E-state index in [1.165, 1.54) is 173 Å². The highest BCUT2D eigenvalue weighted by molar-refractivity contribution is 7.11. The lowest BCUT2D eigenvalue weighted by atomic mass is 10.0. The van der Waals surface area contributed by atoms with Crippen LogP contribution in [0.3, 0.4) is 0 Å². The van der Waals surface area contributed by atoms with Crippen LogP contribution in [0.25, 0.3) is 0 Å². The van der Waals surface area contributed by atoms with Gasteiger partial charge in [0.05, 0.1) is 0 Å². The van der Waals surface area contributed by atoms with Gasteiger partial charge in [-0.25, -0.2) is 0 Å². The van der Waals surface area contributed by atoms with Crippen LogP contribution in [0.4, 0.5) is 0 Å². The molecule has 0 fully saturated rings. The predicted molar refractivity (Wildman–Crippen MR) is 158 cm³/mol. The van der Waals surface area contributed by atoms with E-state index in [-0.39, 0.29) is 0 Å². The Morgan fingerprint density at radius 2 is 0.588 bits per heavy atom. The van der Waals surface area contributed by atoms with Crippen molar-refractivity contribution in [3.05, 3.63) is 21.9 Å². The molecule has 0 aliphatic carbocycles.